The van der Waals surface area contributed by atoms with Gasteiger partial charge >= 0.3 is 0 Å². The Labute approximate surface area is 140 Å². The second-order valence-corrected chi connectivity index (χ2v) is 7.75. The Bertz CT molecular complexity index is 686. The molecule has 4 heterocycles. The molecule has 2 aromatic heterocycles. The van der Waals surface area contributed by atoms with E-state index in [9.17, 15) is 5.11 Å². The number of piperidine rings is 1. The first-order valence-corrected chi connectivity index (χ1v) is 9.07. The average molecular weight is 333 g/mol. The SMILES string of the molecule is Cn1cc(CN2CCC3(CC2)OCCc2cc(CO)sc23)cn1. The van der Waals surface area contributed by atoms with Crippen LogP contribution in [0.4, 0.5) is 0 Å². The Balaban J connectivity index is 1.48. The number of hydrogen-bond donors (Lipinski definition) is 1. The van der Waals surface area contributed by atoms with Gasteiger partial charge in [-0.15, -0.1) is 11.3 Å². The fraction of sp³-hybridized carbons (Fsp3) is 0.588. The van der Waals surface area contributed by atoms with E-state index in [0.29, 0.717) is 0 Å². The van der Waals surface area contributed by atoms with Crippen LogP contribution < -0.4 is 0 Å². The van der Waals surface area contributed by atoms with E-state index < -0.39 is 0 Å². The molecule has 0 bridgehead atoms. The Kier molecular flexibility index (Phi) is 4.01. The lowest BCUT2D eigenvalue weighted by molar-refractivity contribution is -0.0960. The molecule has 124 valence electrons. The number of thiophene rings is 1. The van der Waals surface area contributed by atoms with Crippen LogP contribution in [-0.2, 0) is 37.0 Å². The molecule has 23 heavy (non-hydrogen) atoms. The molecular formula is C17H23N3O2S. The number of likely N-dealkylation sites (tertiary alicyclic amines) is 1. The first kappa shape index (κ1) is 15.3. The average Bonchev–Trinajstić information content (AvgIpc) is 3.17. The van der Waals surface area contributed by atoms with E-state index in [4.69, 9.17) is 4.74 Å². The topological polar surface area (TPSA) is 50.5 Å². The minimum Gasteiger partial charge on any atom is -0.391 e. The lowest BCUT2D eigenvalue weighted by atomic mass is 9.85. The first-order valence-electron chi connectivity index (χ1n) is 8.25. The molecule has 1 N–H and O–H groups in total. The number of aromatic nitrogens is 2. The van der Waals surface area contributed by atoms with Gasteiger partial charge in [-0.1, -0.05) is 0 Å². The Morgan fingerprint density at radius 2 is 2.22 bits per heavy atom. The van der Waals surface area contributed by atoms with Gasteiger partial charge in [0.05, 0.1) is 19.4 Å². The standard InChI is InChI=1S/C17H23N3O2S/c1-19-10-13(9-18-19)11-20-5-3-17(4-6-20)16-14(2-7-22-17)8-15(12-21)23-16/h8-10,21H,2-7,11-12H2,1H3. The van der Waals surface area contributed by atoms with Gasteiger partial charge in [-0.2, -0.15) is 5.10 Å². The van der Waals surface area contributed by atoms with Crippen molar-refractivity contribution in [2.24, 2.45) is 7.05 Å². The van der Waals surface area contributed by atoms with Crippen LogP contribution in [0.2, 0.25) is 0 Å². The molecule has 5 nitrogen and oxygen atoms in total. The van der Waals surface area contributed by atoms with Gasteiger partial charge in [-0.05, 0) is 30.9 Å². The zero-order valence-corrected chi connectivity index (χ0v) is 14.3. The predicted octanol–water partition coefficient (Wildman–Crippen LogP) is 2.04. The summed E-state index contributed by atoms with van der Waals surface area (Å²) >= 11 is 1.74. The van der Waals surface area contributed by atoms with Crippen LogP contribution in [0.5, 0.6) is 0 Å². The molecule has 0 atom stereocenters. The Morgan fingerprint density at radius 3 is 2.91 bits per heavy atom. The third-order valence-corrected chi connectivity index (χ3v) is 6.36. The number of aliphatic hydroxyl groups excluding tert-OH is 1. The highest BCUT2D eigenvalue weighted by Gasteiger charge is 2.42. The number of fused-ring (bicyclic) bond motifs is 2. The largest absolute Gasteiger partial charge is 0.391 e. The Hall–Kier alpha value is -1.21. The van der Waals surface area contributed by atoms with E-state index in [1.165, 1.54) is 16.0 Å². The summed E-state index contributed by atoms with van der Waals surface area (Å²) in [4.78, 5) is 4.92. The zero-order valence-electron chi connectivity index (χ0n) is 13.5. The molecule has 1 saturated heterocycles. The molecule has 0 radical (unpaired) electrons. The molecule has 4 rings (SSSR count). The van der Waals surface area contributed by atoms with E-state index in [2.05, 4.69) is 22.3 Å². The van der Waals surface area contributed by atoms with Crippen molar-refractivity contribution in [3.8, 4) is 0 Å². The van der Waals surface area contributed by atoms with E-state index in [0.717, 1.165) is 50.4 Å². The van der Waals surface area contributed by atoms with Crippen LogP contribution in [0.25, 0.3) is 0 Å². The highest BCUT2D eigenvalue weighted by molar-refractivity contribution is 7.12. The van der Waals surface area contributed by atoms with Crippen LogP contribution >= 0.6 is 11.3 Å². The van der Waals surface area contributed by atoms with Gasteiger partial charge in [-0.25, -0.2) is 0 Å². The summed E-state index contributed by atoms with van der Waals surface area (Å²) < 4.78 is 8.14. The Morgan fingerprint density at radius 1 is 1.39 bits per heavy atom. The second-order valence-electron chi connectivity index (χ2n) is 6.62. The molecule has 0 unspecified atom stereocenters. The van der Waals surface area contributed by atoms with Crippen molar-refractivity contribution in [3.05, 3.63) is 39.3 Å². The van der Waals surface area contributed by atoms with Crippen molar-refractivity contribution in [2.75, 3.05) is 19.7 Å². The third kappa shape index (κ3) is 2.85. The van der Waals surface area contributed by atoms with E-state index in [1.54, 1.807) is 11.3 Å². The highest BCUT2D eigenvalue weighted by Crippen LogP contribution is 2.45. The number of hydrogen-bond acceptors (Lipinski definition) is 5. The van der Waals surface area contributed by atoms with Crippen molar-refractivity contribution in [3.63, 3.8) is 0 Å². The van der Waals surface area contributed by atoms with Gasteiger partial charge in [0.1, 0.15) is 5.60 Å². The number of rotatable bonds is 3. The minimum atomic E-state index is -0.114. The van der Waals surface area contributed by atoms with Crippen LogP contribution in [0, 0.1) is 0 Å². The van der Waals surface area contributed by atoms with E-state index >= 15 is 0 Å². The number of aryl methyl sites for hydroxylation is 1. The van der Waals surface area contributed by atoms with Gasteiger partial charge in [0, 0.05) is 48.2 Å². The van der Waals surface area contributed by atoms with Crippen molar-refractivity contribution in [1.82, 2.24) is 14.7 Å². The van der Waals surface area contributed by atoms with Gasteiger partial charge < -0.3 is 9.84 Å². The van der Waals surface area contributed by atoms with Gasteiger partial charge in [0.25, 0.3) is 0 Å². The molecule has 0 aliphatic carbocycles. The monoisotopic (exact) mass is 333 g/mol. The summed E-state index contributed by atoms with van der Waals surface area (Å²) in [6.07, 6.45) is 7.09. The maximum absolute atomic E-state index is 9.44. The van der Waals surface area contributed by atoms with Crippen molar-refractivity contribution in [2.45, 2.75) is 38.0 Å². The molecule has 1 spiro atoms. The molecule has 2 aliphatic heterocycles. The van der Waals surface area contributed by atoms with E-state index in [-0.39, 0.29) is 12.2 Å². The molecular weight excluding hydrogens is 310 g/mol. The first-order chi connectivity index (χ1) is 11.2. The molecule has 1 fully saturated rings. The van der Waals surface area contributed by atoms with Crippen LogP contribution in [0.1, 0.15) is 33.7 Å². The fourth-order valence-electron chi connectivity index (χ4n) is 3.81. The van der Waals surface area contributed by atoms with Crippen molar-refractivity contribution in [1.29, 1.82) is 0 Å². The number of ether oxygens (including phenoxy) is 1. The number of nitrogens with zero attached hydrogens (tertiary/aromatic N) is 3. The van der Waals surface area contributed by atoms with Gasteiger partial charge in [-0.3, -0.25) is 9.58 Å². The summed E-state index contributed by atoms with van der Waals surface area (Å²) in [5, 5.41) is 13.7. The molecule has 2 aliphatic rings. The van der Waals surface area contributed by atoms with Gasteiger partial charge in [0.2, 0.25) is 0 Å². The van der Waals surface area contributed by atoms with Crippen molar-refractivity contribution < 1.29 is 9.84 Å². The van der Waals surface area contributed by atoms with E-state index in [1.807, 2.05) is 17.9 Å². The normalized spacial score (nSPS) is 20.8. The summed E-state index contributed by atoms with van der Waals surface area (Å²) in [5.41, 5.74) is 2.55. The lowest BCUT2D eigenvalue weighted by Gasteiger charge is -2.43. The molecule has 0 aromatic carbocycles. The summed E-state index contributed by atoms with van der Waals surface area (Å²) in [6, 6.07) is 2.17. The maximum Gasteiger partial charge on any atom is 0.105 e. The summed E-state index contributed by atoms with van der Waals surface area (Å²) in [6.45, 7) is 3.99. The smallest absolute Gasteiger partial charge is 0.105 e. The quantitative estimate of drug-likeness (QED) is 0.934. The lowest BCUT2D eigenvalue weighted by Crippen LogP contribution is -2.45. The van der Waals surface area contributed by atoms with Crippen molar-refractivity contribution >= 4 is 11.3 Å². The fourth-order valence-corrected chi connectivity index (χ4v) is 5.08. The zero-order chi connectivity index (χ0) is 15.9. The van der Waals surface area contributed by atoms with Crippen LogP contribution in [0.15, 0.2) is 18.5 Å². The summed E-state index contributed by atoms with van der Waals surface area (Å²) in [7, 11) is 1.96. The van der Waals surface area contributed by atoms with Crippen LogP contribution in [0.3, 0.4) is 0 Å². The number of aliphatic hydroxyl groups is 1. The molecule has 0 amide bonds. The maximum atomic E-state index is 9.44. The van der Waals surface area contributed by atoms with Crippen LogP contribution in [-0.4, -0.2) is 39.5 Å². The molecule has 0 saturated carbocycles. The van der Waals surface area contributed by atoms with Gasteiger partial charge in [0.15, 0.2) is 0 Å². The molecule has 2 aromatic rings. The molecule has 6 heteroatoms. The third-order valence-electron chi connectivity index (χ3n) is 5.01. The highest BCUT2D eigenvalue weighted by atomic mass is 32.1. The minimum absolute atomic E-state index is 0.114. The second kappa shape index (κ2) is 6.02. The predicted molar refractivity (Wildman–Crippen MR) is 89.3 cm³/mol. The summed E-state index contributed by atoms with van der Waals surface area (Å²) in [5.74, 6) is 0.